The number of rotatable bonds is 1. The smallest absolute Gasteiger partial charge is 0.231 e. The van der Waals surface area contributed by atoms with E-state index in [1.165, 1.54) is 0 Å². The van der Waals surface area contributed by atoms with Crippen LogP contribution in [0.1, 0.15) is 13.8 Å². The molecule has 0 aromatic heterocycles. The zero-order chi connectivity index (χ0) is 8.59. The molecule has 1 saturated heterocycles. The Morgan fingerprint density at radius 1 is 1.45 bits per heavy atom. The Kier molecular flexibility index (Phi) is 2.18. The summed E-state index contributed by atoms with van der Waals surface area (Å²) >= 11 is 5.73. The molecule has 1 fully saturated rings. The van der Waals surface area contributed by atoms with Gasteiger partial charge >= 0.3 is 0 Å². The minimum atomic E-state index is -0.357. The van der Waals surface area contributed by atoms with Crippen molar-refractivity contribution in [2.24, 2.45) is 11.8 Å². The van der Waals surface area contributed by atoms with Crippen LogP contribution < -0.4 is 5.32 Å². The van der Waals surface area contributed by atoms with Crippen LogP contribution in [0.2, 0.25) is 0 Å². The highest BCUT2D eigenvalue weighted by atomic mass is 35.5. The molecule has 3 atom stereocenters. The van der Waals surface area contributed by atoms with Crippen LogP contribution in [0.5, 0.6) is 0 Å². The van der Waals surface area contributed by atoms with Gasteiger partial charge in [-0.05, 0) is 6.92 Å². The zero-order valence-corrected chi connectivity index (χ0v) is 7.18. The average Bonchev–Trinajstić information content (AvgIpc) is 2.07. The molecule has 1 heterocycles. The van der Waals surface area contributed by atoms with Gasteiger partial charge in [-0.1, -0.05) is 6.92 Å². The third-order valence-corrected chi connectivity index (χ3v) is 2.27. The lowest BCUT2D eigenvalue weighted by Crippen LogP contribution is -2.25. The standard InChI is InChI=1S/C7H10ClNO2/c1-3-5(4(2)8)7(11)9-6(3)10/h3-5H,1-2H3,(H,9,10,11)/t3?,4?,5-/m0/s1. The molecule has 11 heavy (non-hydrogen) atoms. The minimum absolute atomic E-state index is 0.215. The zero-order valence-electron chi connectivity index (χ0n) is 6.43. The topological polar surface area (TPSA) is 46.2 Å². The van der Waals surface area contributed by atoms with Crippen LogP contribution in [-0.4, -0.2) is 17.2 Å². The number of hydrogen-bond acceptors (Lipinski definition) is 2. The first-order chi connectivity index (χ1) is 5.04. The number of imide groups is 1. The molecule has 2 amide bonds. The Morgan fingerprint density at radius 2 is 2.00 bits per heavy atom. The summed E-state index contributed by atoms with van der Waals surface area (Å²) in [5.41, 5.74) is 0. The molecule has 2 unspecified atom stereocenters. The second-order valence-electron chi connectivity index (χ2n) is 2.85. The van der Waals surface area contributed by atoms with Gasteiger partial charge in [0.05, 0.1) is 5.92 Å². The van der Waals surface area contributed by atoms with E-state index in [4.69, 9.17) is 11.6 Å². The first kappa shape index (κ1) is 8.53. The summed E-state index contributed by atoms with van der Waals surface area (Å²) in [6.45, 7) is 3.44. The van der Waals surface area contributed by atoms with Crippen molar-refractivity contribution in [2.75, 3.05) is 0 Å². The number of amides is 2. The molecule has 0 bridgehead atoms. The van der Waals surface area contributed by atoms with Crippen LogP contribution in [0.4, 0.5) is 0 Å². The van der Waals surface area contributed by atoms with E-state index in [9.17, 15) is 9.59 Å². The fourth-order valence-electron chi connectivity index (χ4n) is 1.32. The SMILES string of the molecule is CC(Cl)[C@H]1C(=O)NC(=O)C1C. The number of halogens is 1. The van der Waals surface area contributed by atoms with Gasteiger partial charge in [0, 0.05) is 11.3 Å². The van der Waals surface area contributed by atoms with Crippen molar-refractivity contribution in [1.29, 1.82) is 0 Å². The maximum atomic E-state index is 11.0. The summed E-state index contributed by atoms with van der Waals surface area (Å²) < 4.78 is 0. The molecule has 0 aromatic rings. The highest BCUT2D eigenvalue weighted by Crippen LogP contribution is 2.24. The normalized spacial score (nSPS) is 33.7. The first-order valence-electron chi connectivity index (χ1n) is 3.53. The van der Waals surface area contributed by atoms with Crippen molar-refractivity contribution >= 4 is 23.4 Å². The Morgan fingerprint density at radius 3 is 2.18 bits per heavy atom. The third-order valence-electron chi connectivity index (χ3n) is 2.00. The van der Waals surface area contributed by atoms with Crippen molar-refractivity contribution in [3.8, 4) is 0 Å². The first-order valence-corrected chi connectivity index (χ1v) is 3.96. The van der Waals surface area contributed by atoms with Crippen molar-refractivity contribution in [2.45, 2.75) is 19.2 Å². The van der Waals surface area contributed by atoms with Crippen molar-refractivity contribution in [3.05, 3.63) is 0 Å². The lowest BCUT2D eigenvalue weighted by molar-refractivity contribution is -0.126. The van der Waals surface area contributed by atoms with Gasteiger partial charge in [0.1, 0.15) is 0 Å². The van der Waals surface area contributed by atoms with Gasteiger partial charge in [0.2, 0.25) is 11.8 Å². The Balaban J connectivity index is 2.79. The molecule has 0 aliphatic carbocycles. The van der Waals surface area contributed by atoms with Gasteiger partial charge < -0.3 is 0 Å². The quantitative estimate of drug-likeness (QED) is 0.467. The molecule has 3 nitrogen and oxygen atoms in total. The van der Waals surface area contributed by atoms with Crippen LogP contribution >= 0.6 is 11.6 Å². The molecule has 1 rings (SSSR count). The van der Waals surface area contributed by atoms with E-state index < -0.39 is 0 Å². The lowest BCUT2D eigenvalue weighted by atomic mass is 9.94. The van der Waals surface area contributed by atoms with Crippen molar-refractivity contribution in [3.63, 3.8) is 0 Å². The number of alkyl halides is 1. The van der Waals surface area contributed by atoms with Gasteiger partial charge in [-0.3, -0.25) is 14.9 Å². The molecule has 0 saturated carbocycles. The molecule has 0 aromatic carbocycles. The number of nitrogens with one attached hydrogen (secondary N) is 1. The highest BCUT2D eigenvalue weighted by Gasteiger charge is 2.40. The lowest BCUT2D eigenvalue weighted by Gasteiger charge is -2.11. The highest BCUT2D eigenvalue weighted by molar-refractivity contribution is 6.23. The molecule has 1 aliphatic heterocycles. The largest absolute Gasteiger partial charge is 0.296 e. The van der Waals surface area contributed by atoms with Gasteiger partial charge in [-0.15, -0.1) is 11.6 Å². The molecule has 1 N–H and O–H groups in total. The van der Waals surface area contributed by atoms with E-state index in [-0.39, 0.29) is 29.0 Å². The second kappa shape index (κ2) is 2.81. The van der Waals surface area contributed by atoms with Gasteiger partial charge in [0.15, 0.2) is 0 Å². The number of hydrogen-bond donors (Lipinski definition) is 1. The Labute approximate surface area is 70.1 Å². The maximum Gasteiger partial charge on any atom is 0.231 e. The molecular formula is C7H10ClNO2. The van der Waals surface area contributed by atoms with E-state index >= 15 is 0 Å². The fraction of sp³-hybridized carbons (Fsp3) is 0.714. The summed E-state index contributed by atoms with van der Waals surface area (Å²) in [6.07, 6.45) is 0. The van der Waals surface area contributed by atoms with Crippen LogP contribution in [0.3, 0.4) is 0 Å². The van der Waals surface area contributed by atoms with Crippen molar-refractivity contribution < 1.29 is 9.59 Å². The summed E-state index contributed by atoms with van der Waals surface area (Å²) in [4.78, 5) is 21.9. The fourth-order valence-corrected chi connectivity index (χ4v) is 1.65. The Bertz CT molecular complexity index is 203. The van der Waals surface area contributed by atoms with Crippen molar-refractivity contribution in [1.82, 2.24) is 5.32 Å². The van der Waals surface area contributed by atoms with Crippen LogP contribution in [-0.2, 0) is 9.59 Å². The molecule has 62 valence electrons. The molecule has 0 radical (unpaired) electrons. The third kappa shape index (κ3) is 1.38. The van der Waals surface area contributed by atoms with E-state index in [0.29, 0.717) is 0 Å². The molecule has 0 spiro atoms. The van der Waals surface area contributed by atoms with E-state index in [2.05, 4.69) is 5.32 Å². The summed E-state index contributed by atoms with van der Waals surface area (Å²) in [7, 11) is 0. The van der Waals surface area contributed by atoms with E-state index in [0.717, 1.165) is 0 Å². The van der Waals surface area contributed by atoms with E-state index in [1.807, 2.05) is 0 Å². The summed E-state index contributed by atoms with van der Waals surface area (Å²) in [5, 5.41) is 1.95. The van der Waals surface area contributed by atoms with Gasteiger partial charge in [0.25, 0.3) is 0 Å². The van der Waals surface area contributed by atoms with Crippen LogP contribution in [0, 0.1) is 11.8 Å². The minimum Gasteiger partial charge on any atom is -0.296 e. The second-order valence-corrected chi connectivity index (χ2v) is 3.53. The van der Waals surface area contributed by atoms with E-state index in [1.54, 1.807) is 13.8 Å². The summed E-state index contributed by atoms with van der Waals surface area (Å²) in [5.74, 6) is -1.10. The molecule has 4 heteroatoms. The van der Waals surface area contributed by atoms with Gasteiger partial charge in [-0.2, -0.15) is 0 Å². The number of carbonyl (C=O) groups is 2. The predicted octanol–water partition coefficient (Wildman–Crippen LogP) is 0.522. The average molecular weight is 176 g/mol. The number of carbonyl (C=O) groups excluding carboxylic acids is 2. The Hall–Kier alpha value is -0.570. The predicted molar refractivity (Wildman–Crippen MR) is 41.1 cm³/mol. The molecule has 1 aliphatic rings. The summed E-state index contributed by atoms with van der Waals surface area (Å²) in [6, 6.07) is 0. The monoisotopic (exact) mass is 175 g/mol. The van der Waals surface area contributed by atoms with Crippen LogP contribution in [0.25, 0.3) is 0 Å². The van der Waals surface area contributed by atoms with Crippen LogP contribution in [0.15, 0.2) is 0 Å². The molecular weight excluding hydrogens is 166 g/mol. The van der Waals surface area contributed by atoms with Gasteiger partial charge in [-0.25, -0.2) is 0 Å². The maximum absolute atomic E-state index is 11.0.